The van der Waals surface area contributed by atoms with Gasteiger partial charge in [-0.25, -0.2) is 0 Å². The Hall–Kier alpha value is -9.18. The second-order valence-corrected chi connectivity index (χ2v) is 17.7. The van der Waals surface area contributed by atoms with Crippen LogP contribution in [0.3, 0.4) is 0 Å². The number of hydrogen-bond donors (Lipinski definition) is 0. The Balaban J connectivity index is 1.07. The number of benzene rings is 12. The molecule has 0 atom stereocenters. The van der Waals surface area contributed by atoms with Gasteiger partial charge in [0.15, 0.2) is 0 Å². The summed E-state index contributed by atoms with van der Waals surface area (Å²) < 4.78 is 2.40. The Morgan fingerprint density at radius 1 is 0.232 bits per heavy atom. The van der Waals surface area contributed by atoms with E-state index >= 15 is 0 Å². The van der Waals surface area contributed by atoms with E-state index in [1.807, 2.05) is 0 Å². The number of aromatic nitrogens is 1. The molecule has 12 aromatic carbocycles. The van der Waals surface area contributed by atoms with E-state index in [2.05, 4.69) is 287 Å². The predicted molar refractivity (Wildman–Crippen MR) is 294 cm³/mol. The fraction of sp³-hybridized carbons (Fsp3) is 0. The minimum Gasteiger partial charge on any atom is -0.310 e. The van der Waals surface area contributed by atoms with Gasteiger partial charge in [0.2, 0.25) is 0 Å². The molecular weight excluding hydrogens is 835 g/mol. The molecule has 0 bridgehead atoms. The van der Waals surface area contributed by atoms with Crippen molar-refractivity contribution in [2.75, 3.05) is 9.80 Å². The van der Waals surface area contributed by atoms with E-state index < -0.39 is 0 Å². The quantitative estimate of drug-likeness (QED) is 0.134. The zero-order valence-corrected chi connectivity index (χ0v) is 37.8. The Morgan fingerprint density at radius 3 is 1.45 bits per heavy atom. The second-order valence-electron chi connectivity index (χ2n) is 17.7. The van der Waals surface area contributed by atoms with Crippen LogP contribution in [0.15, 0.2) is 273 Å². The fourth-order valence-electron chi connectivity index (χ4n) is 10.6. The molecule has 0 amide bonds. The number of nitrogens with zero attached hydrogens (tertiary/aromatic N) is 3. The van der Waals surface area contributed by atoms with E-state index in [9.17, 15) is 0 Å². The minimum atomic E-state index is 1.04. The maximum absolute atomic E-state index is 2.43. The summed E-state index contributed by atoms with van der Waals surface area (Å²) in [5.41, 5.74) is 14.5. The maximum atomic E-state index is 2.43. The van der Waals surface area contributed by atoms with E-state index in [0.29, 0.717) is 0 Å². The number of para-hydroxylation sites is 4. The lowest BCUT2D eigenvalue weighted by Gasteiger charge is -2.30. The molecule has 13 aromatic rings. The Morgan fingerprint density at radius 2 is 0.739 bits per heavy atom. The first kappa shape index (κ1) is 40.1. The van der Waals surface area contributed by atoms with Gasteiger partial charge in [-0.1, -0.05) is 182 Å². The van der Waals surface area contributed by atoms with Crippen LogP contribution in [-0.4, -0.2) is 4.57 Å². The van der Waals surface area contributed by atoms with Gasteiger partial charge >= 0.3 is 0 Å². The summed E-state index contributed by atoms with van der Waals surface area (Å²) in [7, 11) is 0. The molecule has 1 heterocycles. The summed E-state index contributed by atoms with van der Waals surface area (Å²) >= 11 is 0. The predicted octanol–water partition coefficient (Wildman–Crippen LogP) is 18.5. The van der Waals surface area contributed by atoms with E-state index in [-0.39, 0.29) is 0 Å². The van der Waals surface area contributed by atoms with Crippen molar-refractivity contribution in [3.63, 3.8) is 0 Å². The number of rotatable bonds is 9. The molecule has 0 N–H and O–H groups in total. The molecule has 3 heteroatoms. The highest BCUT2D eigenvalue weighted by atomic mass is 15.2. The molecule has 0 saturated carbocycles. The summed E-state index contributed by atoms with van der Waals surface area (Å²) in [5.74, 6) is 0. The Bertz CT molecular complexity index is 4000. The summed E-state index contributed by atoms with van der Waals surface area (Å²) in [6, 6.07) is 99.4. The lowest BCUT2D eigenvalue weighted by atomic mass is 9.92. The summed E-state index contributed by atoms with van der Waals surface area (Å²) in [5, 5.41) is 9.83. The molecule has 0 aliphatic carbocycles. The summed E-state index contributed by atoms with van der Waals surface area (Å²) in [4.78, 5) is 4.83. The molecule has 0 spiro atoms. The monoisotopic (exact) mass is 879 g/mol. The van der Waals surface area contributed by atoms with Crippen LogP contribution in [-0.2, 0) is 0 Å². The lowest BCUT2D eigenvalue weighted by Crippen LogP contribution is -2.13. The highest BCUT2D eigenvalue weighted by Crippen LogP contribution is 2.46. The van der Waals surface area contributed by atoms with E-state index in [4.69, 9.17) is 0 Å². The van der Waals surface area contributed by atoms with Crippen LogP contribution in [0.1, 0.15) is 0 Å². The van der Waals surface area contributed by atoms with Gasteiger partial charge in [0.1, 0.15) is 0 Å². The van der Waals surface area contributed by atoms with Crippen molar-refractivity contribution < 1.29 is 0 Å². The topological polar surface area (TPSA) is 11.4 Å². The second kappa shape index (κ2) is 16.9. The van der Waals surface area contributed by atoms with Gasteiger partial charge in [0.25, 0.3) is 0 Å². The van der Waals surface area contributed by atoms with Crippen LogP contribution in [0, 0.1) is 0 Å². The Labute approximate surface area is 401 Å². The molecule has 69 heavy (non-hydrogen) atoms. The van der Waals surface area contributed by atoms with Gasteiger partial charge in [-0.05, 0) is 146 Å². The lowest BCUT2D eigenvalue weighted by molar-refractivity contribution is 1.18. The van der Waals surface area contributed by atoms with Crippen LogP contribution < -0.4 is 9.80 Å². The van der Waals surface area contributed by atoms with Gasteiger partial charge in [0.05, 0.1) is 11.0 Å². The molecule has 0 radical (unpaired) electrons. The van der Waals surface area contributed by atoms with Gasteiger partial charge in [-0.2, -0.15) is 0 Å². The van der Waals surface area contributed by atoms with E-state index in [0.717, 1.165) is 50.9 Å². The smallest absolute Gasteiger partial charge is 0.0561 e. The average Bonchev–Trinajstić information content (AvgIpc) is 3.75. The normalized spacial score (nSPS) is 11.5. The number of fused-ring (bicyclic) bond motifs is 7. The summed E-state index contributed by atoms with van der Waals surface area (Å²) in [6.45, 7) is 0. The van der Waals surface area contributed by atoms with Gasteiger partial charge < -0.3 is 14.4 Å². The molecular formula is C66H45N3. The van der Waals surface area contributed by atoms with Crippen molar-refractivity contribution in [3.05, 3.63) is 273 Å². The molecule has 0 aliphatic heterocycles. The molecule has 0 fully saturated rings. The van der Waals surface area contributed by atoms with Crippen molar-refractivity contribution >= 4 is 88.2 Å². The zero-order valence-electron chi connectivity index (χ0n) is 37.8. The first-order valence-electron chi connectivity index (χ1n) is 23.7. The van der Waals surface area contributed by atoms with Gasteiger partial charge in [-0.15, -0.1) is 0 Å². The highest BCUT2D eigenvalue weighted by Gasteiger charge is 2.22. The van der Waals surface area contributed by atoms with E-state index in [1.165, 1.54) is 65.3 Å². The van der Waals surface area contributed by atoms with Crippen LogP contribution in [0.4, 0.5) is 34.1 Å². The number of hydrogen-bond acceptors (Lipinski definition) is 2. The molecule has 0 aliphatic rings. The first-order chi connectivity index (χ1) is 34.2. The number of anilines is 6. The average molecular weight is 880 g/mol. The highest BCUT2D eigenvalue weighted by molar-refractivity contribution is 6.14. The van der Waals surface area contributed by atoms with Crippen molar-refractivity contribution in [3.8, 4) is 27.9 Å². The standard InChI is InChI=1S/C66H45N3/c1-4-22-50(23-5-1)67(53-37-35-47(36-38-53)58-33-18-21-46-19-10-12-28-57(46)58)55-41-49(64-43-48-20-11-13-29-59(48)60-30-14-15-31-61(60)64)42-56(44-55)68(51-24-6-2-7-25-51)54-39-40-63-62-32-16-17-34-65(62)69(66(63)45-54)52-26-8-3-9-27-52/h1-45H. The van der Waals surface area contributed by atoms with Crippen molar-refractivity contribution in [2.45, 2.75) is 0 Å². The molecule has 1 aromatic heterocycles. The fourth-order valence-corrected chi connectivity index (χ4v) is 10.6. The van der Waals surface area contributed by atoms with Crippen LogP contribution in [0.2, 0.25) is 0 Å². The van der Waals surface area contributed by atoms with Gasteiger partial charge in [-0.3, -0.25) is 0 Å². The molecule has 13 rings (SSSR count). The Kier molecular flexibility index (Phi) is 9.84. The molecule has 0 unspecified atom stereocenters. The minimum absolute atomic E-state index is 1.04. The molecule has 324 valence electrons. The third-order valence-corrected chi connectivity index (χ3v) is 13.7. The third kappa shape index (κ3) is 7.08. The van der Waals surface area contributed by atoms with Gasteiger partial charge in [0, 0.05) is 50.6 Å². The van der Waals surface area contributed by atoms with Crippen LogP contribution >= 0.6 is 0 Å². The third-order valence-electron chi connectivity index (χ3n) is 13.7. The zero-order chi connectivity index (χ0) is 45.7. The summed E-state index contributed by atoms with van der Waals surface area (Å²) in [6.07, 6.45) is 0. The molecule has 0 saturated heterocycles. The van der Waals surface area contributed by atoms with Crippen LogP contribution in [0.5, 0.6) is 0 Å². The van der Waals surface area contributed by atoms with Crippen molar-refractivity contribution in [1.29, 1.82) is 0 Å². The van der Waals surface area contributed by atoms with Crippen LogP contribution in [0.25, 0.3) is 82.1 Å². The van der Waals surface area contributed by atoms with Crippen molar-refractivity contribution in [2.24, 2.45) is 0 Å². The largest absolute Gasteiger partial charge is 0.310 e. The van der Waals surface area contributed by atoms with Crippen molar-refractivity contribution in [1.82, 2.24) is 4.57 Å². The SMILES string of the molecule is c1ccc(N(c2ccc(-c3cccc4ccccc34)cc2)c2cc(-c3cc4ccccc4c4ccccc34)cc(N(c3ccccc3)c3ccc4c5ccccc5n(-c5ccccc5)c4c3)c2)cc1. The molecule has 3 nitrogen and oxygen atoms in total. The maximum Gasteiger partial charge on any atom is 0.0561 e. The van der Waals surface area contributed by atoms with E-state index in [1.54, 1.807) is 0 Å². The first-order valence-corrected chi connectivity index (χ1v) is 23.7.